The monoisotopic (exact) mass is 365 g/mol. The van der Waals surface area contributed by atoms with E-state index in [1.807, 2.05) is 31.2 Å². The van der Waals surface area contributed by atoms with Crippen molar-refractivity contribution in [3.05, 3.63) is 66.2 Å². The lowest BCUT2D eigenvalue weighted by Gasteiger charge is -2.02. The molecule has 0 radical (unpaired) electrons. The van der Waals surface area contributed by atoms with Crippen molar-refractivity contribution in [3.8, 4) is 10.4 Å². The predicted octanol–water partition coefficient (Wildman–Crippen LogP) is 4.97. The third-order valence-electron chi connectivity index (χ3n) is 3.77. The molecule has 0 aliphatic rings. The number of hydrogen-bond acceptors (Lipinski definition) is 5. The van der Waals surface area contributed by atoms with Gasteiger partial charge in [0, 0.05) is 16.5 Å². The van der Waals surface area contributed by atoms with E-state index in [-0.39, 0.29) is 5.78 Å². The molecule has 0 spiro atoms. The lowest BCUT2D eigenvalue weighted by Crippen LogP contribution is -2.03. The van der Waals surface area contributed by atoms with E-state index < -0.39 is 0 Å². The largest absolute Gasteiger partial charge is 0.359 e. The van der Waals surface area contributed by atoms with E-state index in [0.717, 1.165) is 25.9 Å². The first kappa shape index (κ1) is 16.1. The summed E-state index contributed by atoms with van der Waals surface area (Å²) in [5, 5.41) is 1.87. The summed E-state index contributed by atoms with van der Waals surface area (Å²) in [6, 6.07) is 16.0. The normalized spacial score (nSPS) is 11.1. The summed E-state index contributed by atoms with van der Waals surface area (Å²) in [6.07, 6.45) is 1.76. The predicted molar refractivity (Wildman–Crippen MR) is 103 cm³/mol. The van der Waals surface area contributed by atoms with Crippen LogP contribution in [-0.4, -0.2) is 26.5 Å². The van der Waals surface area contributed by atoms with Crippen LogP contribution in [0, 0.1) is 6.92 Å². The van der Waals surface area contributed by atoms with Crippen LogP contribution in [0.3, 0.4) is 0 Å². The molecular weight excluding hydrogens is 350 g/mol. The van der Waals surface area contributed by atoms with Crippen molar-refractivity contribution in [3.63, 3.8) is 0 Å². The molecule has 25 heavy (non-hydrogen) atoms. The lowest BCUT2D eigenvalue weighted by molar-refractivity contribution is 0.101. The Morgan fingerprint density at radius 1 is 1.16 bits per heavy atom. The second kappa shape index (κ2) is 6.82. The number of hydrogen-bond donors (Lipinski definition) is 1. The van der Waals surface area contributed by atoms with E-state index in [4.69, 9.17) is 0 Å². The SMILES string of the molecule is Cc1nc(SCC(=O)c2ccc[nH]2)c2cc(-c3ccccc3)sc2n1. The van der Waals surface area contributed by atoms with Gasteiger partial charge >= 0.3 is 0 Å². The number of carbonyl (C=O) groups excluding carboxylic acids is 1. The van der Waals surface area contributed by atoms with E-state index in [0.29, 0.717) is 11.4 Å². The minimum absolute atomic E-state index is 0.0675. The molecule has 0 aliphatic carbocycles. The first-order chi connectivity index (χ1) is 12.2. The van der Waals surface area contributed by atoms with Gasteiger partial charge in [0.25, 0.3) is 0 Å². The van der Waals surface area contributed by atoms with Gasteiger partial charge in [-0.1, -0.05) is 42.1 Å². The summed E-state index contributed by atoms with van der Waals surface area (Å²) in [7, 11) is 0. The van der Waals surface area contributed by atoms with Crippen LogP contribution in [0.5, 0.6) is 0 Å². The van der Waals surface area contributed by atoms with Gasteiger partial charge in [0.05, 0.1) is 11.4 Å². The summed E-state index contributed by atoms with van der Waals surface area (Å²) in [5.74, 6) is 1.14. The maximum Gasteiger partial charge on any atom is 0.189 e. The number of Topliss-reactive ketones (excluding diaryl/α,β-unsaturated/α-hetero) is 1. The molecule has 0 bridgehead atoms. The zero-order valence-corrected chi connectivity index (χ0v) is 15.2. The van der Waals surface area contributed by atoms with Gasteiger partial charge in [0.2, 0.25) is 0 Å². The number of rotatable bonds is 5. The second-order valence-electron chi connectivity index (χ2n) is 5.57. The zero-order valence-electron chi connectivity index (χ0n) is 13.5. The van der Waals surface area contributed by atoms with Crippen LogP contribution in [0.1, 0.15) is 16.3 Å². The number of H-pyrrole nitrogens is 1. The quantitative estimate of drug-likeness (QED) is 0.308. The average Bonchev–Trinajstić information content (AvgIpc) is 3.29. The van der Waals surface area contributed by atoms with E-state index in [2.05, 4.69) is 33.2 Å². The summed E-state index contributed by atoms with van der Waals surface area (Å²) >= 11 is 3.12. The molecule has 0 fully saturated rings. The van der Waals surface area contributed by atoms with Crippen molar-refractivity contribution in [1.82, 2.24) is 15.0 Å². The molecule has 3 aromatic heterocycles. The number of nitrogens with zero attached hydrogens (tertiary/aromatic N) is 2. The molecule has 0 unspecified atom stereocenters. The Balaban J connectivity index is 1.66. The number of benzene rings is 1. The van der Waals surface area contributed by atoms with Gasteiger partial charge in [-0.3, -0.25) is 4.79 Å². The Bertz CT molecular complexity index is 1020. The van der Waals surface area contributed by atoms with Crippen LogP contribution in [0.4, 0.5) is 0 Å². The molecule has 0 atom stereocenters. The Labute approximate surface area is 153 Å². The molecule has 0 amide bonds. The van der Waals surface area contributed by atoms with Crippen LogP contribution in [0.2, 0.25) is 0 Å². The number of nitrogens with one attached hydrogen (secondary N) is 1. The average molecular weight is 365 g/mol. The van der Waals surface area contributed by atoms with Gasteiger partial charge < -0.3 is 4.98 Å². The van der Waals surface area contributed by atoms with E-state index in [1.165, 1.54) is 17.3 Å². The van der Waals surface area contributed by atoms with Gasteiger partial charge in [-0.2, -0.15) is 0 Å². The minimum atomic E-state index is 0.0675. The number of carbonyl (C=O) groups is 1. The summed E-state index contributed by atoms with van der Waals surface area (Å²) in [5.41, 5.74) is 1.80. The van der Waals surface area contributed by atoms with Crippen LogP contribution < -0.4 is 0 Å². The number of aromatic amines is 1. The number of ketones is 1. The molecule has 1 aromatic carbocycles. The maximum atomic E-state index is 12.2. The van der Waals surface area contributed by atoms with Crippen LogP contribution >= 0.6 is 23.1 Å². The van der Waals surface area contributed by atoms with Crippen molar-refractivity contribution in [2.45, 2.75) is 11.9 Å². The minimum Gasteiger partial charge on any atom is -0.359 e. The summed E-state index contributed by atoms with van der Waals surface area (Å²) in [6.45, 7) is 1.89. The molecule has 4 rings (SSSR count). The number of fused-ring (bicyclic) bond motifs is 1. The van der Waals surface area contributed by atoms with Gasteiger partial charge in [0.15, 0.2) is 5.78 Å². The van der Waals surface area contributed by atoms with Crippen molar-refractivity contribution in [2.75, 3.05) is 5.75 Å². The summed E-state index contributed by atoms with van der Waals surface area (Å²) in [4.78, 5) is 26.4. The summed E-state index contributed by atoms with van der Waals surface area (Å²) < 4.78 is 0. The van der Waals surface area contributed by atoms with Crippen LogP contribution in [0.25, 0.3) is 20.7 Å². The van der Waals surface area contributed by atoms with Crippen LogP contribution in [-0.2, 0) is 0 Å². The van der Waals surface area contributed by atoms with Crippen molar-refractivity contribution < 1.29 is 4.79 Å². The fourth-order valence-electron chi connectivity index (χ4n) is 2.57. The first-order valence-electron chi connectivity index (χ1n) is 7.84. The molecule has 0 aliphatic heterocycles. The molecule has 0 saturated heterocycles. The molecule has 3 heterocycles. The van der Waals surface area contributed by atoms with Gasteiger partial charge in [-0.25, -0.2) is 9.97 Å². The highest BCUT2D eigenvalue weighted by Gasteiger charge is 2.14. The highest BCUT2D eigenvalue weighted by atomic mass is 32.2. The Morgan fingerprint density at radius 3 is 2.76 bits per heavy atom. The number of aromatic nitrogens is 3. The van der Waals surface area contributed by atoms with Gasteiger partial charge in [0.1, 0.15) is 15.7 Å². The van der Waals surface area contributed by atoms with E-state index >= 15 is 0 Å². The highest BCUT2D eigenvalue weighted by Crippen LogP contribution is 2.36. The molecule has 6 heteroatoms. The van der Waals surface area contributed by atoms with Gasteiger partial charge in [-0.15, -0.1) is 11.3 Å². The molecule has 4 nitrogen and oxygen atoms in total. The standard InChI is InChI=1S/C19H15N3OS2/c1-12-21-18(24-11-16(23)15-8-5-9-20-15)14-10-17(25-19(14)22-12)13-6-3-2-4-7-13/h2-10,20H,11H2,1H3. The number of thiophene rings is 1. The first-order valence-corrected chi connectivity index (χ1v) is 9.64. The van der Waals surface area contributed by atoms with Crippen molar-refractivity contribution in [1.29, 1.82) is 0 Å². The van der Waals surface area contributed by atoms with E-state index in [9.17, 15) is 4.79 Å². The smallest absolute Gasteiger partial charge is 0.189 e. The Morgan fingerprint density at radius 2 is 2.00 bits per heavy atom. The maximum absolute atomic E-state index is 12.2. The molecule has 0 saturated carbocycles. The van der Waals surface area contributed by atoms with E-state index in [1.54, 1.807) is 23.6 Å². The topological polar surface area (TPSA) is 58.6 Å². The Kier molecular flexibility index (Phi) is 4.38. The number of thioether (sulfide) groups is 1. The van der Waals surface area contributed by atoms with Crippen LogP contribution in [0.15, 0.2) is 59.8 Å². The lowest BCUT2D eigenvalue weighted by atomic mass is 10.2. The second-order valence-corrected chi connectivity index (χ2v) is 7.56. The molecular formula is C19H15N3OS2. The molecule has 124 valence electrons. The fraction of sp³-hybridized carbons (Fsp3) is 0.105. The third kappa shape index (κ3) is 3.36. The highest BCUT2D eigenvalue weighted by molar-refractivity contribution is 8.00. The van der Waals surface area contributed by atoms with Gasteiger partial charge in [-0.05, 0) is 30.7 Å². The number of aryl methyl sites for hydroxylation is 1. The zero-order chi connectivity index (χ0) is 17.2. The fourth-order valence-corrected chi connectivity index (χ4v) is 4.64. The van der Waals surface area contributed by atoms with Crippen molar-refractivity contribution >= 4 is 39.1 Å². The molecule has 4 aromatic rings. The van der Waals surface area contributed by atoms with Crippen molar-refractivity contribution in [2.24, 2.45) is 0 Å². The third-order valence-corrected chi connectivity index (χ3v) is 5.84. The Hall–Kier alpha value is -2.44. The molecule has 1 N–H and O–H groups in total.